The maximum absolute atomic E-state index is 10.5. The molecule has 3 heteroatoms. The summed E-state index contributed by atoms with van der Waals surface area (Å²) in [5.41, 5.74) is 2.89. The molecule has 0 spiro atoms. The van der Waals surface area contributed by atoms with Crippen molar-refractivity contribution >= 4 is 17.6 Å². The Labute approximate surface area is 92.6 Å². The Kier molecular flexibility index (Phi) is 2.92. The molecule has 2 rings (SSSR count). The van der Waals surface area contributed by atoms with E-state index in [1.165, 1.54) is 16.9 Å². The van der Waals surface area contributed by atoms with Crippen molar-refractivity contribution in [2.75, 3.05) is 0 Å². The highest BCUT2D eigenvalue weighted by Gasteiger charge is 2.03. The minimum atomic E-state index is 0.509. The first-order valence-electron chi connectivity index (χ1n) is 4.83. The lowest BCUT2D eigenvalue weighted by atomic mass is 10.1. The average molecular weight is 217 g/mol. The van der Waals surface area contributed by atoms with Crippen LogP contribution < -0.4 is 0 Å². The van der Waals surface area contributed by atoms with Crippen LogP contribution in [-0.2, 0) is 6.42 Å². The third-order valence-corrected chi connectivity index (χ3v) is 3.16. The fraction of sp³-hybridized carbons (Fsp3) is 0.167. The molecule has 0 amide bonds. The standard InChI is InChI=1S/C12H11NOS/c1-2-9-3-5-10(6-4-9)12-13-11(7-14)8-15-12/h3-8H,2H2,1H3. The summed E-state index contributed by atoms with van der Waals surface area (Å²) in [4.78, 5) is 14.7. The van der Waals surface area contributed by atoms with E-state index in [9.17, 15) is 4.79 Å². The van der Waals surface area contributed by atoms with Crippen LogP contribution in [0, 0.1) is 0 Å². The molecule has 1 heterocycles. The van der Waals surface area contributed by atoms with Gasteiger partial charge in [0, 0.05) is 10.9 Å². The molecule has 76 valence electrons. The molecule has 0 fully saturated rings. The molecule has 0 radical (unpaired) electrons. The number of aldehydes is 1. The molecule has 0 N–H and O–H groups in total. The van der Waals surface area contributed by atoms with Crippen LogP contribution in [0.5, 0.6) is 0 Å². The highest BCUT2D eigenvalue weighted by molar-refractivity contribution is 7.13. The number of rotatable bonds is 3. The molecule has 0 unspecified atom stereocenters. The molecular formula is C12H11NOS. The number of carbonyl (C=O) groups excluding carboxylic acids is 1. The van der Waals surface area contributed by atoms with Crippen LogP contribution >= 0.6 is 11.3 Å². The van der Waals surface area contributed by atoms with E-state index >= 15 is 0 Å². The lowest BCUT2D eigenvalue weighted by Gasteiger charge is -1.98. The third-order valence-electron chi connectivity index (χ3n) is 2.25. The largest absolute Gasteiger partial charge is 0.296 e. The summed E-state index contributed by atoms with van der Waals surface area (Å²) in [5, 5.41) is 2.68. The van der Waals surface area contributed by atoms with E-state index in [1.807, 2.05) is 12.1 Å². The maximum Gasteiger partial charge on any atom is 0.169 e. The molecule has 0 saturated heterocycles. The summed E-state index contributed by atoms with van der Waals surface area (Å²) in [6.07, 6.45) is 1.82. The van der Waals surface area contributed by atoms with E-state index in [2.05, 4.69) is 24.0 Å². The van der Waals surface area contributed by atoms with Crippen LogP contribution in [0.2, 0.25) is 0 Å². The van der Waals surface area contributed by atoms with Crippen LogP contribution in [0.15, 0.2) is 29.6 Å². The van der Waals surface area contributed by atoms with Crippen LogP contribution in [0.3, 0.4) is 0 Å². The topological polar surface area (TPSA) is 30.0 Å². The van der Waals surface area contributed by atoms with Gasteiger partial charge in [-0.25, -0.2) is 4.98 Å². The summed E-state index contributed by atoms with van der Waals surface area (Å²) < 4.78 is 0. The summed E-state index contributed by atoms with van der Waals surface area (Å²) >= 11 is 1.50. The lowest BCUT2D eigenvalue weighted by Crippen LogP contribution is -1.82. The highest BCUT2D eigenvalue weighted by Crippen LogP contribution is 2.23. The SMILES string of the molecule is CCc1ccc(-c2nc(C=O)cs2)cc1. The van der Waals surface area contributed by atoms with Crippen LogP contribution in [0.4, 0.5) is 0 Å². The summed E-state index contributed by atoms with van der Waals surface area (Å²) in [6.45, 7) is 2.13. The van der Waals surface area contributed by atoms with Gasteiger partial charge >= 0.3 is 0 Å². The van der Waals surface area contributed by atoms with Crippen LogP contribution in [-0.4, -0.2) is 11.3 Å². The van der Waals surface area contributed by atoms with Crippen LogP contribution in [0.25, 0.3) is 10.6 Å². The number of benzene rings is 1. The van der Waals surface area contributed by atoms with E-state index in [0.29, 0.717) is 5.69 Å². The Morgan fingerprint density at radius 1 is 1.33 bits per heavy atom. The van der Waals surface area contributed by atoms with Crippen molar-refractivity contribution in [3.63, 3.8) is 0 Å². The van der Waals surface area contributed by atoms with Crippen molar-refractivity contribution in [2.24, 2.45) is 0 Å². The predicted octanol–water partition coefficient (Wildman–Crippen LogP) is 3.19. The first kappa shape index (κ1) is 10.1. The van der Waals surface area contributed by atoms with Gasteiger partial charge in [0.05, 0.1) is 0 Å². The second-order valence-corrected chi connectivity index (χ2v) is 4.10. The molecule has 2 nitrogen and oxygen atoms in total. The van der Waals surface area contributed by atoms with Crippen molar-refractivity contribution in [2.45, 2.75) is 13.3 Å². The zero-order valence-corrected chi connectivity index (χ0v) is 9.25. The van der Waals surface area contributed by atoms with Crippen LogP contribution in [0.1, 0.15) is 23.0 Å². The highest BCUT2D eigenvalue weighted by atomic mass is 32.1. The van der Waals surface area contributed by atoms with E-state index in [0.717, 1.165) is 23.3 Å². The summed E-state index contributed by atoms with van der Waals surface area (Å²) in [6, 6.07) is 8.28. The van der Waals surface area contributed by atoms with Crippen molar-refractivity contribution in [1.82, 2.24) is 4.98 Å². The molecule has 0 aliphatic heterocycles. The predicted molar refractivity (Wildman–Crippen MR) is 62.3 cm³/mol. The second-order valence-electron chi connectivity index (χ2n) is 3.25. The average Bonchev–Trinajstić information content (AvgIpc) is 2.78. The number of hydrogen-bond donors (Lipinski definition) is 0. The Balaban J connectivity index is 2.32. The molecule has 0 aliphatic carbocycles. The minimum Gasteiger partial charge on any atom is -0.296 e. The minimum absolute atomic E-state index is 0.509. The monoisotopic (exact) mass is 217 g/mol. The fourth-order valence-corrected chi connectivity index (χ4v) is 2.13. The number of nitrogens with zero attached hydrogens (tertiary/aromatic N) is 1. The van der Waals surface area contributed by atoms with Gasteiger partial charge in [-0.3, -0.25) is 4.79 Å². The Hall–Kier alpha value is -1.48. The zero-order valence-electron chi connectivity index (χ0n) is 8.43. The van der Waals surface area contributed by atoms with Gasteiger partial charge in [-0.05, 0) is 12.0 Å². The van der Waals surface area contributed by atoms with Gasteiger partial charge in [-0.1, -0.05) is 31.2 Å². The molecule has 15 heavy (non-hydrogen) atoms. The first-order chi connectivity index (χ1) is 7.33. The van der Waals surface area contributed by atoms with Gasteiger partial charge in [0.1, 0.15) is 10.7 Å². The fourth-order valence-electron chi connectivity index (χ4n) is 1.36. The van der Waals surface area contributed by atoms with Gasteiger partial charge in [0.15, 0.2) is 6.29 Å². The second kappa shape index (κ2) is 4.36. The summed E-state index contributed by atoms with van der Waals surface area (Å²) in [5.74, 6) is 0. The molecule has 1 aromatic carbocycles. The molecule has 0 atom stereocenters. The molecule has 1 aromatic heterocycles. The molecule has 0 saturated carbocycles. The number of carbonyl (C=O) groups is 1. The summed E-state index contributed by atoms with van der Waals surface area (Å²) in [7, 11) is 0. The maximum atomic E-state index is 10.5. The van der Waals surface area contributed by atoms with Crippen molar-refractivity contribution in [3.8, 4) is 10.6 Å². The number of thiazole rings is 1. The molecule has 0 bridgehead atoms. The van der Waals surface area contributed by atoms with Gasteiger partial charge in [0.25, 0.3) is 0 Å². The smallest absolute Gasteiger partial charge is 0.169 e. The molecule has 2 aromatic rings. The molecular weight excluding hydrogens is 206 g/mol. The van der Waals surface area contributed by atoms with E-state index in [4.69, 9.17) is 0 Å². The van der Waals surface area contributed by atoms with Gasteiger partial charge < -0.3 is 0 Å². The van der Waals surface area contributed by atoms with Gasteiger partial charge in [-0.15, -0.1) is 11.3 Å². The molecule has 0 aliphatic rings. The van der Waals surface area contributed by atoms with E-state index in [1.54, 1.807) is 5.38 Å². The Bertz CT molecular complexity index is 459. The van der Waals surface area contributed by atoms with Crippen molar-refractivity contribution in [3.05, 3.63) is 40.9 Å². The van der Waals surface area contributed by atoms with Crippen molar-refractivity contribution < 1.29 is 4.79 Å². The van der Waals surface area contributed by atoms with E-state index in [-0.39, 0.29) is 0 Å². The lowest BCUT2D eigenvalue weighted by molar-refractivity contribution is 0.111. The first-order valence-corrected chi connectivity index (χ1v) is 5.71. The Morgan fingerprint density at radius 3 is 2.60 bits per heavy atom. The normalized spacial score (nSPS) is 10.2. The number of aryl methyl sites for hydroxylation is 1. The quantitative estimate of drug-likeness (QED) is 0.739. The number of hydrogen-bond acceptors (Lipinski definition) is 3. The Morgan fingerprint density at radius 2 is 2.07 bits per heavy atom. The third kappa shape index (κ3) is 2.13. The van der Waals surface area contributed by atoms with Crippen molar-refractivity contribution in [1.29, 1.82) is 0 Å². The number of aromatic nitrogens is 1. The van der Waals surface area contributed by atoms with E-state index < -0.39 is 0 Å². The van der Waals surface area contributed by atoms with Gasteiger partial charge in [0.2, 0.25) is 0 Å². The zero-order chi connectivity index (χ0) is 10.7. The van der Waals surface area contributed by atoms with Gasteiger partial charge in [-0.2, -0.15) is 0 Å².